The Labute approximate surface area is 226 Å². The number of carbonyl (C=O) groups excluding carboxylic acids is 2. The number of amides is 1. The van der Waals surface area contributed by atoms with Gasteiger partial charge in [0.1, 0.15) is 5.69 Å². The normalized spacial score (nSPS) is 15.2. The molecule has 1 atom stereocenters. The number of nitrogens with zero attached hydrogens (tertiary/aromatic N) is 4. The molecule has 2 aliphatic rings. The van der Waals surface area contributed by atoms with Crippen LogP contribution < -0.4 is 5.32 Å². The Morgan fingerprint density at radius 1 is 1.00 bits per heavy atom. The summed E-state index contributed by atoms with van der Waals surface area (Å²) in [6.45, 7) is 4.12. The lowest BCUT2D eigenvalue weighted by atomic mass is 9.98. The number of hydrogen-bond acceptors (Lipinski definition) is 6. The van der Waals surface area contributed by atoms with Crippen molar-refractivity contribution in [3.05, 3.63) is 101 Å². The molecule has 0 radical (unpaired) electrons. The van der Waals surface area contributed by atoms with Crippen LogP contribution in [0.2, 0.25) is 0 Å². The van der Waals surface area contributed by atoms with Crippen LogP contribution in [0.1, 0.15) is 27.2 Å². The molecule has 8 nitrogen and oxygen atoms in total. The molecule has 1 N–H and O–H groups in total. The number of nitriles is 1. The molecule has 0 spiro atoms. The Morgan fingerprint density at radius 3 is 2.44 bits per heavy atom. The molecule has 0 bridgehead atoms. The van der Waals surface area contributed by atoms with Crippen LogP contribution in [0.4, 0.5) is 5.69 Å². The van der Waals surface area contributed by atoms with E-state index < -0.39 is 17.6 Å². The summed E-state index contributed by atoms with van der Waals surface area (Å²) in [5.74, 6) is -2.78. The molecule has 6 rings (SSSR count). The highest BCUT2D eigenvalue weighted by Gasteiger charge is 2.36. The molecule has 39 heavy (non-hydrogen) atoms. The molecule has 4 aromatic rings. The summed E-state index contributed by atoms with van der Waals surface area (Å²) in [4.78, 5) is 29.1. The predicted octanol–water partition coefficient (Wildman–Crippen LogP) is 4.24. The zero-order chi connectivity index (χ0) is 26.8. The number of Topliss-reactive ketones (excluding diaryl/α,β-unsaturated/α-hetero) is 1. The van der Waals surface area contributed by atoms with Gasteiger partial charge in [0.25, 0.3) is 0 Å². The fraction of sp³-hybridized carbons (Fsp3) is 0.226. The summed E-state index contributed by atoms with van der Waals surface area (Å²) in [5, 5.41) is 17.2. The summed E-state index contributed by atoms with van der Waals surface area (Å²) in [7, 11) is 0. The van der Waals surface area contributed by atoms with Crippen molar-refractivity contribution < 1.29 is 14.3 Å². The van der Waals surface area contributed by atoms with Gasteiger partial charge in [-0.15, -0.1) is 0 Å². The van der Waals surface area contributed by atoms with Crippen LogP contribution in [0.3, 0.4) is 0 Å². The van der Waals surface area contributed by atoms with Crippen molar-refractivity contribution in [2.24, 2.45) is 5.92 Å². The van der Waals surface area contributed by atoms with Gasteiger partial charge in [0.15, 0.2) is 5.92 Å². The minimum atomic E-state index is -1.52. The molecule has 1 aliphatic heterocycles. The van der Waals surface area contributed by atoms with Gasteiger partial charge in [0.2, 0.25) is 11.7 Å². The fourth-order valence-corrected chi connectivity index (χ4v) is 5.29. The molecular formula is C31H27N5O3. The zero-order valence-electron chi connectivity index (χ0n) is 21.3. The van der Waals surface area contributed by atoms with Crippen LogP contribution in [0.15, 0.2) is 78.9 Å². The molecular weight excluding hydrogens is 490 g/mol. The van der Waals surface area contributed by atoms with Gasteiger partial charge in [-0.1, -0.05) is 54.6 Å². The smallest absolute Gasteiger partial charge is 0.249 e. The van der Waals surface area contributed by atoms with E-state index in [9.17, 15) is 14.9 Å². The summed E-state index contributed by atoms with van der Waals surface area (Å²) in [6, 6.07) is 26.7. The van der Waals surface area contributed by atoms with E-state index in [0.717, 1.165) is 60.9 Å². The highest BCUT2D eigenvalue weighted by atomic mass is 16.5. The van der Waals surface area contributed by atoms with Gasteiger partial charge in [-0.3, -0.25) is 14.5 Å². The van der Waals surface area contributed by atoms with Crippen molar-refractivity contribution in [1.29, 1.82) is 5.26 Å². The summed E-state index contributed by atoms with van der Waals surface area (Å²) in [5.41, 5.74) is 6.38. The molecule has 0 saturated carbocycles. The number of hydrogen-bond donors (Lipinski definition) is 1. The van der Waals surface area contributed by atoms with Crippen molar-refractivity contribution in [2.75, 3.05) is 31.6 Å². The van der Waals surface area contributed by atoms with Crippen molar-refractivity contribution in [2.45, 2.75) is 13.0 Å². The lowest BCUT2D eigenvalue weighted by Crippen LogP contribution is -2.35. The molecule has 1 saturated heterocycles. The standard InChI is InChI=1S/C31H27N5O3/c32-19-27(31(38)33-23-7-3-1-4-8-23)30(37)28-26-18-22-17-21(20-35-13-15-39-16-14-35)11-12-25(22)29(26)36(34-28)24-9-5-2-6-10-24/h1-12,17,27H,13-16,18,20H2,(H,33,38). The molecule has 1 unspecified atom stereocenters. The van der Waals surface area contributed by atoms with Crippen molar-refractivity contribution in [1.82, 2.24) is 14.7 Å². The number of morpholine rings is 1. The first-order valence-corrected chi connectivity index (χ1v) is 13.0. The number of benzene rings is 3. The third kappa shape index (κ3) is 4.86. The third-order valence-corrected chi connectivity index (χ3v) is 7.21. The summed E-state index contributed by atoms with van der Waals surface area (Å²) < 4.78 is 7.24. The predicted molar refractivity (Wildman–Crippen MR) is 146 cm³/mol. The second kappa shape index (κ2) is 10.7. The highest BCUT2D eigenvalue weighted by molar-refractivity contribution is 6.16. The number of ketones is 1. The second-order valence-corrected chi connectivity index (χ2v) is 9.76. The maximum Gasteiger partial charge on any atom is 0.249 e. The van der Waals surface area contributed by atoms with Crippen molar-refractivity contribution in [3.8, 4) is 23.0 Å². The minimum absolute atomic E-state index is 0.162. The van der Waals surface area contributed by atoms with E-state index in [-0.39, 0.29) is 5.69 Å². The first-order chi connectivity index (χ1) is 19.1. The molecule has 2 heterocycles. The monoisotopic (exact) mass is 517 g/mol. The topological polar surface area (TPSA) is 100 Å². The van der Waals surface area contributed by atoms with Crippen LogP contribution in [0, 0.1) is 17.2 Å². The molecule has 1 aliphatic carbocycles. The third-order valence-electron chi connectivity index (χ3n) is 7.21. The van der Waals surface area contributed by atoms with Crippen LogP contribution in [-0.4, -0.2) is 52.7 Å². The minimum Gasteiger partial charge on any atom is -0.379 e. The Hall–Kier alpha value is -4.58. The van der Waals surface area contributed by atoms with E-state index in [1.807, 2.05) is 42.5 Å². The van der Waals surface area contributed by atoms with Gasteiger partial charge in [0.05, 0.1) is 30.7 Å². The summed E-state index contributed by atoms with van der Waals surface area (Å²) in [6.07, 6.45) is 0.508. The number of aromatic nitrogens is 2. The average Bonchev–Trinajstić information content (AvgIpc) is 3.52. The number of fused-ring (bicyclic) bond motifs is 3. The number of nitrogens with one attached hydrogen (secondary N) is 1. The Bertz CT molecular complexity index is 1570. The van der Waals surface area contributed by atoms with Crippen LogP contribution in [0.5, 0.6) is 0 Å². The van der Waals surface area contributed by atoms with Crippen LogP contribution in [-0.2, 0) is 22.5 Å². The molecule has 3 aromatic carbocycles. The number of anilines is 1. The van der Waals surface area contributed by atoms with Crippen molar-refractivity contribution in [3.63, 3.8) is 0 Å². The first kappa shape index (κ1) is 24.7. The van der Waals surface area contributed by atoms with E-state index >= 15 is 0 Å². The number of rotatable bonds is 7. The largest absolute Gasteiger partial charge is 0.379 e. The Kier molecular flexibility index (Phi) is 6.76. The van der Waals surface area contributed by atoms with E-state index in [1.54, 1.807) is 28.9 Å². The van der Waals surface area contributed by atoms with Gasteiger partial charge in [0, 0.05) is 42.9 Å². The summed E-state index contributed by atoms with van der Waals surface area (Å²) >= 11 is 0. The fourth-order valence-electron chi connectivity index (χ4n) is 5.29. The van der Waals surface area contributed by atoms with Crippen LogP contribution in [0.25, 0.3) is 16.9 Å². The lowest BCUT2D eigenvalue weighted by Gasteiger charge is -2.26. The second-order valence-electron chi connectivity index (χ2n) is 9.76. The Morgan fingerprint density at radius 2 is 1.72 bits per heavy atom. The number of carbonyl (C=O) groups is 2. The lowest BCUT2D eigenvalue weighted by molar-refractivity contribution is -0.117. The van der Waals surface area contributed by atoms with Gasteiger partial charge in [-0.25, -0.2) is 4.68 Å². The quantitative estimate of drug-likeness (QED) is 0.256. The molecule has 1 aromatic heterocycles. The van der Waals surface area contributed by atoms with Gasteiger partial charge >= 0.3 is 0 Å². The van der Waals surface area contributed by atoms with E-state index in [4.69, 9.17) is 4.74 Å². The molecule has 1 fully saturated rings. The van der Waals surface area contributed by atoms with Gasteiger partial charge in [-0.2, -0.15) is 10.4 Å². The number of para-hydroxylation sites is 2. The molecule has 8 heteroatoms. The Balaban J connectivity index is 1.35. The molecule has 194 valence electrons. The maximum absolute atomic E-state index is 13.7. The number of ether oxygens (including phenoxy) is 1. The van der Waals surface area contributed by atoms with E-state index in [1.165, 1.54) is 5.56 Å². The van der Waals surface area contributed by atoms with Gasteiger partial charge < -0.3 is 10.1 Å². The van der Waals surface area contributed by atoms with Crippen LogP contribution >= 0.6 is 0 Å². The highest BCUT2D eigenvalue weighted by Crippen LogP contribution is 2.41. The maximum atomic E-state index is 13.7. The SMILES string of the molecule is N#CC(C(=O)Nc1ccccc1)C(=O)c1nn(-c2ccccc2)c2c1Cc1cc(CN3CCOCC3)ccc1-2. The average molecular weight is 518 g/mol. The zero-order valence-corrected chi connectivity index (χ0v) is 21.3. The van der Waals surface area contributed by atoms with E-state index in [0.29, 0.717) is 12.1 Å². The first-order valence-electron chi connectivity index (χ1n) is 13.0. The van der Waals surface area contributed by atoms with Gasteiger partial charge in [-0.05, 0) is 35.4 Å². The van der Waals surface area contributed by atoms with Crippen molar-refractivity contribution >= 4 is 17.4 Å². The van der Waals surface area contributed by atoms with E-state index in [2.05, 4.69) is 33.5 Å². The molecule has 1 amide bonds.